The van der Waals surface area contributed by atoms with E-state index >= 15 is 0 Å². The van der Waals surface area contributed by atoms with Gasteiger partial charge < -0.3 is 9.84 Å². The van der Waals surface area contributed by atoms with Crippen molar-refractivity contribution in [2.75, 3.05) is 0 Å². The first-order valence-electron chi connectivity index (χ1n) is 6.33. The maximum atomic E-state index is 13.5. The van der Waals surface area contributed by atoms with Gasteiger partial charge in [-0.15, -0.1) is 0 Å². The standard InChI is InChI=1S/C16H16ClFO2/c1-10-6-7-12(8-15(10)18)16(19)11(2)20-14-5-3-4-13(17)9-14/h3-9,11,16,19H,1-2H3. The summed E-state index contributed by atoms with van der Waals surface area (Å²) in [6, 6.07) is 11.6. The normalized spacial score (nSPS) is 13.8. The Morgan fingerprint density at radius 1 is 1.20 bits per heavy atom. The average molecular weight is 295 g/mol. The molecule has 2 aromatic rings. The summed E-state index contributed by atoms with van der Waals surface area (Å²) in [5, 5.41) is 10.8. The number of benzene rings is 2. The number of rotatable bonds is 4. The molecule has 2 atom stereocenters. The fourth-order valence-electron chi connectivity index (χ4n) is 1.88. The Morgan fingerprint density at radius 2 is 1.95 bits per heavy atom. The van der Waals surface area contributed by atoms with Crippen molar-refractivity contribution in [2.24, 2.45) is 0 Å². The van der Waals surface area contributed by atoms with E-state index in [4.69, 9.17) is 16.3 Å². The summed E-state index contributed by atoms with van der Waals surface area (Å²) in [5.41, 5.74) is 1.03. The molecule has 4 heteroatoms. The highest BCUT2D eigenvalue weighted by Crippen LogP contribution is 2.25. The molecule has 0 fully saturated rings. The van der Waals surface area contributed by atoms with Gasteiger partial charge in [0.1, 0.15) is 23.8 Å². The van der Waals surface area contributed by atoms with Crippen molar-refractivity contribution in [3.8, 4) is 5.75 Å². The molecule has 0 aromatic heterocycles. The lowest BCUT2D eigenvalue weighted by Gasteiger charge is -2.21. The number of aliphatic hydroxyl groups excluding tert-OH is 1. The lowest BCUT2D eigenvalue weighted by atomic mass is 10.0. The summed E-state index contributed by atoms with van der Waals surface area (Å²) in [5.74, 6) is 0.230. The van der Waals surface area contributed by atoms with Crippen molar-refractivity contribution in [1.82, 2.24) is 0 Å². The van der Waals surface area contributed by atoms with Crippen molar-refractivity contribution in [1.29, 1.82) is 0 Å². The third-order valence-electron chi connectivity index (χ3n) is 3.10. The van der Waals surface area contributed by atoms with E-state index < -0.39 is 12.2 Å². The summed E-state index contributed by atoms with van der Waals surface area (Å²) in [6.07, 6.45) is -1.43. The fourth-order valence-corrected chi connectivity index (χ4v) is 2.06. The Bertz CT molecular complexity index is 601. The number of hydrogen-bond donors (Lipinski definition) is 1. The zero-order valence-corrected chi connectivity index (χ0v) is 12.1. The monoisotopic (exact) mass is 294 g/mol. The quantitative estimate of drug-likeness (QED) is 0.911. The molecule has 0 spiro atoms. The smallest absolute Gasteiger partial charge is 0.126 e. The molecule has 2 nitrogen and oxygen atoms in total. The Hall–Kier alpha value is -1.58. The van der Waals surface area contributed by atoms with Crippen molar-refractivity contribution < 1.29 is 14.2 Å². The van der Waals surface area contributed by atoms with Gasteiger partial charge in [0.15, 0.2) is 0 Å². The van der Waals surface area contributed by atoms with Gasteiger partial charge in [-0.2, -0.15) is 0 Å². The Labute approximate surface area is 122 Å². The van der Waals surface area contributed by atoms with E-state index in [1.807, 2.05) is 0 Å². The van der Waals surface area contributed by atoms with Gasteiger partial charge in [-0.05, 0) is 49.2 Å². The highest BCUT2D eigenvalue weighted by Gasteiger charge is 2.19. The first-order valence-corrected chi connectivity index (χ1v) is 6.71. The zero-order valence-electron chi connectivity index (χ0n) is 11.3. The van der Waals surface area contributed by atoms with Crippen molar-refractivity contribution in [3.63, 3.8) is 0 Å². The highest BCUT2D eigenvalue weighted by molar-refractivity contribution is 6.30. The summed E-state index contributed by atoms with van der Waals surface area (Å²) in [4.78, 5) is 0. The van der Waals surface area contributed by atoms with Gasteiger partial charge in [0.05, 0.1) is 0 Å². The van der Waals surface area contributed by atoms with Gasteiger partial charge in [0, 0.05) is 5.02 Å². The summed E-state index contributed by atoms with van der Waals surface area (Å²) in [7, 11) is 0. The van der Waals surface area contributed by atoms with Crippen LogP contribution in [-0.4, -0.2) is 11.2 Å². The van der Waals surface area contributed by atoms with Crippen LogP contribution in [-0.2, 0) is 0 Å². The SMILES string of the molecule is Cc1ccc(C(O)C(C)Oc2cccc(Cl)c2)cc1F. The molecule has 0 radical (unpaired) electrons. The van der Waals surface area contributed by atoms with Gasteiger partial charge in [-0.3, -0.25) is 0 Å². The largest absolute Gasteiger partial charge is 0.488 e. The van der Waals surface area contributed by atoms with Crippen LogP contribution in [0.3, 0.4) is 0 Å². The number of ether oxygens (including phenoxy) is 1. The second kappa shape index (κ2) is 6.25. The number of aliphatic hydroxyl groups is 1. The minimum Gasteiger partial charge on any atom is -0.488 e. The molecule has 106 valence electrons. The van der Waals surface area contributed by atoms with Crippen molar-refractivity contribution >= 4 is 11.6 Å². The minimum atomic E-state index is -0.913. The second-order valence-electron chi connectivity index (χ2n) is 4.73. The molecule has 2 rings (SSSR count). The number of hydrogen-bond acceptors (Lipinski definition) is 2. The van der Waals surface area contributed by atoms with E-state index in [1.54, 1.807) is 50.2 Å². The third-order valence-corrected chi connectivity index (χ3v) is 3.34. The molecule has 0 amide bonds. The molecule has 0 heterocycles. The first kappa shape index (κ1) is 14.8. The van der Waals surface area contributed by atoms with Crippen LogP contribution >= 0.6 is 11.6 Å². The van der Waals surface area contributed by atoms with E-state index in [0.29, 0.717) is 21.9 Å². The molecular formula is C16H16ClFO2. The third kappa shape index (κ3) is 3.50. The van der Waals surface area contributed by atoms with E-state index in [1.165, 1.54) is 6.07 Å². The summed E-state index contributed by atoms with van der Waals surface area (Å²) >= 11 is 5.87. The van der Waals surface area contributed by atoms with E-state index in [2.05, 4.69) is 0 Å². The van der Waals surface area contributed by atoms with Crippen LogP contribution in [0.4, 0.5) is 4.39 Å². The molecule has 0 bridgehead atoms. The lowest BCUT2D eigenvalue weighted by molar-refractivity contribution is 0.0465. The maximum absolute atomic E-state index is 13.5. The molecule has 2 aromatic carbocycles. The van der Waals surface area contributed by atoms with Gasteiger partial charge in [0.25, 0.3) is 0 Å². The Balaban J connectivity index is 2.11. The Kier molecular flexibility index (Phi) is 4.63. The molecule has 1 N–H and O–H groups in total. The second-order valence-corrected chi connectivity index (χ2v) is 5.17. The molecular weight excluding hydrogens is 279 g/mol. The predicted molar refractivity (Wildman–Crippen MR) is 77.6 cm³/mol. The molecule has 0 saturated heterocycles. The van der Waals surface area contributed by atoms with Crippen LogP contribution in [0.5, 0.6) is 5.75 Å². The molecule has 0 aliphatic rings. The maximum Gasteiger partial charge on any atom is 0.126 e. The highest BCUT2D eigenvalue weighted by atomic mass is 35.5. The van der Waals surface area contributed by atoms with Crippen LogP contribution < -0.4 is 4.74 Å². The minimum absolute atomic E-state index is 0.337. The summed E-state index contributed by atoms with van der Waals surface area (Å²) < 4.78 is 19.1. The van der Waals surface area contributed by atoms with E-state index in [0.717, 1.165) is 0 Å². The van der Waals surface area contributed by atoms with Crippen LogP contribution in [0.2, 0.25) is 5.02 Å². The molecule has 20 heavy (non-hydrogen) atoms. The molecule has 2 unspecified atom stereocenters. The van der Waals surface area contributed by atoms with Gasteiger partial charge in [-0.25, -0.2) is 4.39 Å². The first-order chi connectivity index (χ1) is 9.47. The van der Waals surface area contributed by atoms with Crippen molar-refractivity contribution in [2.45, 2.75) is 26.1 Å². The van der Waals surface area contributed by atoms with E-state index in [9.17, 15) is 9.50 Å². The Morgan fingerprint density at radius 3 is 2.60 bits per heavy atom. The molecule has 0 aliphatic carbocycles. The van der Waals surface area contributed by atoms with Crippen LogP contribution in [0.1, 0.15) is 24.2 Å². The average Bonchev–Trinajstić information content (AvgIpc) is 2.41. The number of halogens is 2. The fraction of sp³-hybridized carbons (Fsp3) is 0.250. The van der Waals surface area contributed by atoms with Gasteiger partial charge >= 0.3 is 0 Å². The summed E-state index contributed by atoms with van der Waals surface area (Å²) in [6.45, 7) is 3.40. The lowest BCUT2D eigenvalue weighted by Crippen LogP contribution is -2.21. The topological polar surface area (TPSA) is 29.5 Å². The van der Waals surface area contributed by atoms with Crippen LogP contribution in [0.15, 0.2) is 42.5 Å². The predicted octanol–water partition coefficient (Wildman–Crippen LogP) is 4.29. The van der Waals surface area contributed by atoms with Crippen LogP contribution in [0, 0.1) is 12.7 Å². The van der Waals surface area contributed by atoms with E-state index in [-0.39, 0.29) is 5.82 Å². The van der Waals surface area contributed by atoms with Crippen LogP contribution in [0.25, 0.3) is 0 Å². The number of aryl methyl sites for hydroxylation is 1. The van der Waals surface area contributed by atoms with Gasteiger partial charge in [-0.1, -0.05) is 29.8 Å². The van der Waals surface area contributed by atoms with Crippen molar-refractivity contribution in [3.05, 3.63) is 64.4 Å². The molecule has 0 aliphatic heterocycles. The van der Waals surface area contributed by atoms with Gasteiger partial charge in [0.2, 0.25) is 0 Å². The zero-order chi connectivity index (χ0) is 14.7. The molecule has 0 saturated carbocycles.